The standard InChI is InChI=1S/C15H22N2O3/c1-5-9(2)13-15(19)17(11(4)14(18)16-13)10(3)12-7-6-8-20-12/h6-11,13H,5H2,1-4H3,(H,16,18). The zero-order valence-electron chi connectivity index (χ0n) is 12.4. The Morgan fingerprint density at radius 2 is 2.10 bits per heavy atom. The third-order valence-corrected chi connectivity index (χ3v) is 4.20. The Balaban J connectivity index is 2.29. The van der Waals surface area contributed by atoms with Crippen molar-refractivity contribution in [3.8, 4) is 0 Å². The zero-order valence-corrected chi connectivity index (χ0v) is 12.4. The lowest BCUT2D eigenvalue weighted by Gasteiger charge is -2.41. The SMILES string of the molecule is CCC(C)C1NC(=O)C(C)N(C(C)c2ccco2)C1=O. The molecule has 0 aliphatic carbocycles. The Kier molecular flexibility index (Phi) is 4.16. The molecular weight excluding hydrogens is 256 g/mol. The van der Waals surface area contributed by atoms with Crippen molar-refractivity contribution >= 4 is 11.8 Å². The van der Waals surface area contributed by atoms with Crippen LogP contribution in [0.15, 0.2) is 22.8 Å². The van der Waals surface area contributed by atoms with Gasteiger partial charge in [-0.2, -0.15) is 0 Å². The van der Waals surface area contributed by atoms with Crippen molar-refractivity contribution in [2.45, 2.75) is 52.2 Å². The van der Waals surface area contributed by atoms with Crippen molar-refractivity contribution in [2.24, 2.45) is 5.92 Å². The van der Waals surface area contributed by atoms with Gasteiger partial charge in [-0.15, -0.1) is 0 Å². The first-order valence-electron chi connectivity index (χ1n) is 7.13. The van der Waals surface area contributed by atoms with Crippen LogP contribution in [0.1, 0.15) is 45.9 Å². The van der Waals surface area contributed by atoms with Gasteiger partial charge in [0.15, 0.2) is 0 Å². The molecule has 2 amide bonds. The summed E-state index contributed by atoms with van der Waals surface area (Å²) in [6, 6.07) is 2.45. The summed E-state index contributed by atoms with van der Waals surface area (Å²) in [5.41, 5.74) is 0. The van der Waals surface area contributed by atoms with E-state index in [2.05, 4.69) is 5.32 Å². The molecule has 5 nitrogen and oxygen atoms in total. The molecule has 0 aromatic carbocycles. The van der Waals surface area contributed by atoms with E-state index < -0.39 is 12.1 Å². The maximum atomic E-state index is 12.7. The molecule has 1 aliphatic heterocycles. The van der Waals surface area contributed by atoms with E-state index in [-0.39, 0.29) is 23.8 Å². The fourth-order valence-corrected chi connectivity index (χ4v) is 2.63. The molecule has 1 aromatic rings. The van der Waals surface area contributed by atoms with E-state index in [1.807, 2.05) is 26.8 Å². The zero-order chi connectivity index (χ0) is 14.9. The Morgan fingerprint density at radius 3 is 2.65 bits per heavy atom. The Hall–Kier alpha value is -1.78. The van der Waals surface area contributed by atoms with Gasteiger partial charge in [-0.05, 0) is 31.9 Å². The largest absolute Gasteiger partial charge is 0.467 e. The molecule has 0 saturated carbocycles. The maximum absolute atomic E-state index is 12.7. The normalized spacial score (nSPS) is 26.3. The minimum atomic E-state index is -0.483. The van der Waals surface area contributed by atoms with Gasteiger partial charge in [0.2, 0.25) is 11.8 Å². The second kappa shape index (κ2) is 5.69. The third kappa shape index (κ3) is 2.44. The summed E-state index contributed by atoms with van der Waals surface area (Å²) in [6.07, 6.45) is 2.42. The number of hydrogen-bond donors (Lipinski definition) is 1. The molecule has 2 rings (SSSR count). The van der Waals surface area contributed by atoms with Gasteiger partial charge in [0, 0.05) is 0 Å². The van der Waals surface area contributed by atoms with E-state index in [1.54, 1.807) is 24.2 Å². The first kappa shape index (κ1) is 14.6. The predicted molar refractivity (Wildman–Crippen MR) is 74.8 cm³/mol. The third-order valence-electron chi connectivity index (χ3n) is 4.20. The molecule has 20 heavy (non-hydrogen) atoms. The van der Waals surface area contributed by atoms with Crippen LogP contribution in [0.4, 0.5) is 0 Å². The second-order valence-electron chi connectivity index (χ2n) is 5.48. The summed E-state index contributed by atoms with van der Waals surface area (Å²) in [4.78, 5) is 26.4. The Morgan fingerprint density at radius 1 is 1.40 bits per heavy atom. The monoisotopic (exact) mass is 278 g/mol. The number of furan rings is 1. The molecule has 4 unspecified atom stereocenters. The van der Waals surface area contributed by atoms with Gasteiger partial charge in [-0.25, -0.2) is 0 Å². The summed E-state index contributed by atoms with van der Waals surface area (Å²) in [5, 5.41) is 2.84. The van der Waals surface area contributed by atoms with E-state index >= 15 is 0 Å². The van der Waals surface area contributed by atoms with Crippen molar-refractivity contribution in [1.29, 1.82) is 0 Å². The van der Waals surface area contributed by atoms with Crippen LogP contribution < -0.4 is 5.32 Å². The number of carbonyl (C=O) groups excluding carboxylic acids is 2. The molecule has 4 atom stereocenters. The molecule has 1 aliphatic rings. The van der Waals surface area contributed by atoms with Crippen LogP contribution in [-0.4, -0.2) is 28.8 Å². The van der Waals surface area contributed by atoms with Gasteiger partial charge in [0.05, 0.1) is 12.3 Å². The van der Waals surface area contributed by atoms with Crippen LogP contribution >= 0.6 is 0 Å². The van der Waals surface area contributed by atoms with Crippen molar-refractivity contribution < 1.29 is 14.0 Å². The van der Waals surface area contributed by atoms with Gasteiger partial charge in [0.25, 0.3) is 0 Å². The van der Waals surface area contributed by atoms with E-state index in [9.17, 15) is 9.59 Å². The van der Waals surface area contributed by atoms with Crippen molar-refractivity contribution in [2.75, 3.05) is 0 Å². The lowest BCUT2D eigenvalue weighted by Crippen LogP contribution is -2.64. The number of nitrogens with zero attached hydrogens (tertiary/aromatic N) is 1. The number of nitrogens with one attached hydrogen (secondary N) is 1. The lowest BCUT2D eigenvalue weighted by molar-refractivity contribution is -0.153. The molecule has 0 spiro atoms. The molecule has 1 saturated heterocycles. The number of piperazine rings is 1. The first-order valence-corrected chi connectivity index (χ1v) is 7.13. The molecule has 0 radical (unpaired) electrons. The maximum Gasteiger partial charge on any atom is 0.246 e. The van der Waals surface area contributed by atoms with Crippen molar-refractivity contribution in [3.63, 3.8) is 0 Å². The molecule has 110 valence electrons. The predicted octanol–water partition coefficient (Wildman–Crippen LogP) is 2.10. The summed E-state index contributed by atoms with van der Waals surface area (Å²) in [7, 11) is 0. The average molecular weight is 278 g/mol. The van der Waals surface area contributed by atoms with E-state index in [4.69, 9.17) is 4.42 Å². The summed E-state index contributed by atoms with van der Waals surface area (Å²) in [6.45, 7) is 7.63. The Labute approximate surface area is 119 Å². The van der Waals surface area contributed by atoms with Crippen molar-refractivity contribution in [1.82, 2.24) is 10.2 Å². The molecule has 2 heterocycles. The molecule has 0 bridgehead atoms. The molecule has 5 heteroatoms. The average Bonchev–Trinajstić information content (AvgIpc) is 2.96. The van der Waals surface area contributed by atoms with Gasteiger partial charge in [-0.1, -0.05) is 20.3 Å². The number of rotatable bonds is 4. The minimum absolute atomic E-state index is 0.0321. The smallest absolute Gasteiger partial charge is 0.246 e. The molecular formula is C15H22N2O3. The number of carbonyl (C=O) groups is 2. The van der Waals surface area contributed by atoms with Crippen LogP contribution in [0, 0.1) is 5.92 Å². The summed E-state index contributed by atoms with van der Waals surface area (Å²) >= 11 is 0. The fraction of sp³-hybridized carbons (Fsp3) is 0.600. The van der Waals surface area contributed by atoms with E-state index in [0.29, 0.717) is 5.76 Å². The Bertz CT molecular complexity index is 483. The summed E-state index contributed by atoms with van der Waals surface area (Å²) in [5.74, 6) is 0.678. The highest BCUT2D eigenvalue weighted by molar-refractivity contribution is 5.97. The van der Waals surface area contributed by atoms with E-state index in [1.165, 1.54) is 0 Å². The topological polar surface area (TPSA) is 62.6 Å². The molecule has 1 N–H and O–H groups in total. The van der Waals surface area contributed by atoms with Crippen LogP contribution in [-0.2, 0) is 9.59 Å². The van der Waals surface area contributed by atoms with Gasteiger partial charge in [0.1, 0.15) is 17.8 Å². The highest BCUT2D eigenvalue weighted by atomic mass is 16.3. The number of amides is 2. The van der Waals surface area contributed by atoms with Crippen LogP contribution in [0.25, 0.3) is 0 Å². The van der Waals surface area contributed by atoms with Gasteiger partial charge < -0.3 is 14.6 Å². The van der Waals surface area contributed by atoms with Gasteiger partial charge in [-0.3, -0.25) is 9.59 Å². The van der Waals surface area contributed by atoms with Crippen LogP contribution in [0.2, 0.25) is 0 Å². The lowest BCUT2D eigenvalue weighted by atomic mass is 9.93. The first-order chi connectivity index (χ1) is 9.47. The van der Waals surface area contributed by atoms with Crippen LogP contribution in [0.3, 0.4) is 0 Å². The number of hydrogen-bond acceptors (Lipinski definition) is 3. The minimum Gasteiger partial charge on any atom is -0.467 e. The highest BCUT2D eigenvalue weighted by Crippen LogP contribution is 2.28. The fourth-order valence-electron chi connectivity index (χ4n) is 2.63. The van der Waals surface area contributed by atoms with Crippen LogP contribution in [0.5, 0.6) is 0 Å². The van der Waals surface area contributed by atoms with Crippen molar-refractivity contribution in [3.05, 3.63) is 24.2 Å². The molecule has 1 fully saturated rings. The van der Waals surface area contributed by atoms with Gasteiger partial charge >= 0.3 is 0 Å². The van der Waals surface area contributed by atoms with E-state index in [0.717, 1.165) is 6.42 Å². The quantitative estimate of drug-likeness (QED) is 0.917. The second-order valence-corrected chi connectivity index (χ2v) is 5.48. The summed E-state index contributed by atoms with van der Waals surface area (Å²) < 4.78 is 5.38. The molecule has 1 aromatic heterocycles. The highest BCUT2D eigenvalue weighted by Gasteiger charge is 2.42.